The molecule has 15 heavy (non-hydrogen) atoms. The summed E-state index contributed by atoms with van der Waals surface area (Å²) in [5.41, 5.74) is 2.19. The third kappa shape index (κ3) is 2.88. The zero-order chi connectivity index (χ0) is 10.5. The number of hydrogen-bond donors (Lipinski definition) is 1. The molecule has 0 fully saturated rings. The molecule has 1 N–H and O–H groups in total. The Morgan fingerprint density at radius 3 is 3.00 bits per heavy atom. The topological polar surface area (TPSA) is 33.1 Å². The standard InChI is InChI=1S/C12H13NOS/c14-12(11-2-1-6-13-8-11)4-3-10-5-7-15-9-10/h1-2,5-9,12,14H,3-4H2. The molecule has 2 heterocycles. The summed E-state index contributed by atoms with van der Waals surface area (Å²) in [5, 5.41) is 14.1. The van der Waals surface area contributed by atoms with Gasteiger partial charge in [0.2, 0.25) is 0 Å². The van der Waals surface area contributed by atoms with Crippen LogP contribution >= 0.6 is 11.3 Å². The molecule has 0 aliphatic rings. The van der Waals surface area contributed by atoms with Crippen LogP contribution in [0.15, 0.2) is 41.4 Å². The Kier molecular flexibility index (Phi) is 3.48. The van der Waals surface area contributed by atoms with Crippen molar-refractivity contribution in [2.75, 3.05) is 0 Å². The maximum atomic E-state index is 9.88. The number of aromatic nitrogens is 1. The van der Waals surface area contributed by atoms with Crippen molar-refractivity contribution in [2.24, 2.45) is 0 Å². The summed E-state index contributed by atoms with van der Waals surface area (Å²) in [6, 6.07) is 5.86. The van der Waals surface area contributed by atoms with Crippen molar-refractivity contribution < 1.29 is 5.11 Å². The van der Waals surface area contributed by atoms with E-state index in [-0.39, 0.29) is 0 Å². The summed E-state index contributed by atoms with van der Waals surface area (Å²) in [7, 11) is 0. The van der Waals surface area contributed by atoms with E-state index in [1.54, 1.807) is 23.7 Å². The molecule has 1 atom stereocenters. The van der Waals surface area contributed by atoms with Gasteiger partial charge in [-0.3, -0.25) is 4.98 Å². The van der Waals surface area contributed by atoms with Crippen LogP contribution in [-0.4, -0.2) is 10.1 Å². The fraction of sp³-hybridized carbons (Fsp3) is 0.250. The van der Waals surface area contributed by atoms with Crippen molar-refractivity contribution in [1.29, 1.82) is 0 Å². The lowest BCUT2D eigenvalue weighted by Gasteiger charge is -2.09. The van der Waals surface area contributed by atoms with Crippen LogP contribution in [0.1, 0.15) is 23.7 Å². The van der Waals surface area contributed by atoms with Gasteiger partial charge in [0.05, 0.1) is 6.10 Å². The van der Waals surface area contributed by atoms with Crippen LogP contribution in [0.4, 0.5) is 0 Å². The lowest BCUT2D eigenvalue weighted by atomic mass is 10.0. The highest BCUT2D eigenvalue weighted by Gasteiger charge is 2.07. The molecule has 2 rings (SSSR count). The maximum Gasteiger partial charge on any atom is 0.0808 e. The van der Waals surface area contributed by atoms with Gasteiger partial charge in [-0.2, -0.15) is 11.3 Å². The summed E-state index contributed by atoms with van der Waals surface area (Å²) >= 11 is 1.69. The predicted octanol–water partition coefficient (Wildman–Crippen LogP) is 2.81. The first-order valence-corrected chi connectivity index (χ1v) is 5.89. The van der Waals surface area contributed by atoms with E-state index in [9.17, 15) is 5.11 Å². The van der Waals surface area contributed by atoms with E-state index in [0.717, 1.165) is 18.4 Å². The molecular formula is C12H13NOS. The molecular weight excluding hydrogens is 206 g/mol. The van der Waals surface area contributed by atoms with Gasteiger partial charge in [-0.05, 0) is 46.9 Å². The van der Waals surface area contributed by atoms with Crippen LogP contribution in [0.25, 0.3) is 0 Å². The van der Waals surface area contributed by atoms with Crippen LogP contribution in [-0.2, 0) is 6.42 Å². The Morgan fingerprint density at radius 2 is 2.33 bits per heavy atom. The lowest BCUT2D eigenvalue weighted by Crippen LogP contribution is -1.99. The van der Waals surface area contributed by atoms with Gasteiger partial charge in [-0.1, -0.05) is 6.07 Å². The fourth-order valence-corrected chi connectivity index (χ4v) is 2.18. The highest BCUT2D eigenvalue weighted by Crippen LogP contribution is 2.18. The molecule has 0 aromatic carbocycles. The second kappa shape index (κ2) is 5.05. The minimum atomic E-state index is -0.404. The molecule has 2 aromatic heterocycles. The minimum Gasteiger partial charge on any atom is -0.388 e. The zero-order valence-electron chi connectivity index (χ0n) is 8.34. The summed E-state index contributed by atoms with van der Waals surface area (Å²) in [4.78, 5) is 3.99. The highest BCUT2D eigenvalue weighted by molar-refractivity contribution is 7.07. The molecule has 0 amide bonds. The number of aliphatic hydroxyl groups excluding tert-OH is 1. The highest BCUT2D eigenvalue weighted by atomic mass is 32.1. The second-order valence-electron chi connectivity index (χ2n) is 3.47. The molecule has 1 unspecified atom stereocenters. The lowest BCUT2D eigenvalue weighted by molar-refractivity contribution is 0.167. The Morgan fingerprint density at radius 1 is 1.40 bits per heavy atom. The first kappa shape index (κ1) is 10.3. The van der Waals surface area contributed by atoms with Gasteiger partial charge >= 0.3 is 0 Å². The molecule has 78 valence electrons. The van der Waals surface area contributed by atoms with Crippen LogP contribution in [0.2, 0.25) is 0 Å². The number of rotatable bonds is 4. The Labute approximate surface area is 93.2 Å². The van der Waals surface area contributed by atoms with Gasteiger partial charge in [-0.25, -0.2) is 0 Å². The number of aliphatic hydroxyl groups is 1. The third-order valence-corrected chi connectivity index (χ3v) is 3.09. The second-order valence-corrected chi connectivity index (χ2v) is 4.25. The summed E-state index contributed by atoms with van der Waals surface area (Å²) < 4.78 is 0. The molecule has 0 aliphatic carbocycles. The number of pyridine rings is 1. The molecule has 3 heteroatoms. The van der Waals surface area contributed by atoms with E-state index in [4.69, 9.17) is 0 Å². The van der Waals surface area contributed by atoms with Crippen LogP contribution in [0.3, 0.4) is 0 Å². The molecule has 0 aliphatic heterocycles. The van der Waals surface area contributed by atoms with E-state index in [2.05, 4.69) is 21.8 Å². The largest absolute Gasteiger partial charge is 0.388 e. The van der Waals surface area contributed by atoms with Crippen molar-refractivity contribution in [1.82, 2.24) is 4.98 Å². The average molecular weight is 219 g/mol. The number of aryl methyl sites for hydroxylation is 1. The van der Waals surface area contributed by atoms with Crippen molar-refractivity contribution >= 4 is 11.3 Å². The first-order valence-electron chi connectivity index (χ1n) is 4.95. The van der Waals surface area contributed by atoms with Crippen molar-refractivity contribution in [3.8, 4) is 0 Å². The van der Waals surface area contributed by atoms with Gasteiger partial charge in [0, 0.05) is 12.4 Å². The molecule has 0 radical (unpaired) electrons. The quantitative estimate of drug-likeness (QED) is 0.857. The van der Waals surface area contributed by atoms with E-state index >= 15 is 0 Å². The number of thiophene rings is 1. The maximum absolute atomic E-state index is 9.88. The fourth-order valence-electron chi connectivity index (χ4n) is 1.48. The first-order chi connectivity index (χ1) is 7.36. The minimum absolute atomic E-state index is 0.404. The van der Waals surface area contributed by atoms with Gasteiger partial charge in [0.15, 0.2) is 0 Å². The molecule has 0 bridgehead atoms. The number of nitrogens with zero attached hydrogens (tertiary/aromatic N) is 1. The van der Waals surface area contributed by atoms with E-state index in [1.807, 2.05) is 12.1 Å². The molecule has 0 saturated carbocycles. The predicted molar refractivity (Wildman–Crippen MR) is 61.8 cm³/mol. The Hall–Kier alpha value is -1.19. The normalized spacial score (nSPS) is 12.6. The molecule has 0 spiro atoms. The van der Waals surface area contributed by atoms with Gasteiger partial charge in [0.1, 0.15) is 0 Å². The Balaban J connectivity index is 1.90. The van der Waals surface area contributed by atoms with E-state index in [1.165, 1.54) is 5.56 Å². The molecule has 0 saturated heterocycles. The van der Waals surface area contributed by atoms with Gasteiger partial charge in [-0.15, -0.1) is 0 Å². The van der Waals surface area contributed by atoms with Crippen LogP contribution in [0, 0.1) is 0 Å². The van der Waals surface area contributed by atoms with Crippen LogP contribution in [0.5, 0.6) is 0 Å². The van der Waals surface area contributed by atoms with Crippen molar-refractivity contribution in [3.05, 3.63) is 52.5 Å². The summed E-state index contributed by atoms with van der Waals surface area (Å²) in [6.07, 6.45) is 4.70. The monoisotopic (exact) mass is 219 g/mol. The average Bonchev–Trinajstić information content (AvgIpc) is 2.80. The summed E-state index contributed by atoms with van der Waals surface area (Å²) in [5.74, 6) is 0. The number of hydrogen-bond acceptors (Lipinski definition) is 3. The van der Waals surface area contributed by atoms with Crippen LogP contribution < -0.4 is 0 Å². The zero-order valence-corrected chi connectivity index (χ0v) is 9.15. The van der Waals surface area contributed by atoms with Crippen molar-refractivity contribution in [2.45, 2.75) is 18.9 Å². The van der Waals surface area contributed by atoms with E-state index < -0.39 is 6.10 Å². The summed E-state index contributed by atoms with van der Waals surface area (Å²) in [6.45, 7) is 0. The van der Waals surface area contributed by atoms with Gasteiger partial charge in [0.25, 0.3) is 0 Å². The smallest absolute Gasteiger partial charge is 0.0808 e. The molecule has 2 nitrogen and oxygen atoms in total. The molecule has 2 aromatic rings. The van der Waals surface area contributed by atoms with E-state index in [0.29, 0.717) is 0 Å². The SMILES string of the molecule is OC(CCc1ccsc1)c1cccnc1. The third-order valence-electron chi connectivity index (χ3n) is 2.36. The Bertz CT molecular complexity index is 385. The van der Waals surface area contributed by atoms with Gasteiger partial charge < -0.3 is 5.11 Å². The van der Waals surface area contributed by atoms with Crippen molar-refractivity contribution in [3.63, 3.8) is 0 Å².